The third-order valence-corrected chi connectivity index (χ3v) is 5.05. The number of carbonyl (C=O) groups is 1. The van der Waals surface area contributed by atoms with Gasteiger partial charge in [0.05, 0.1) is 24.2 Å². The van der Waals surface area contributed by atoms with Crippen LogP contribution in [0, 0.1) is 12.7 Å². The van der Waals surface area contributed by atoms with E-state index in [1.165, 1.54) is 19.2 Å². The molecule has 1 aliphatic heterocycles. The molecule has 1 amide bonds. The first-order chi connectivity index (χ1) is 14.4. The number of amides is 1. The van der Waals surface area contributed by atoms with Gasteiger partial charge in [-0.15, -0.1) is 0 Å². The van der Waals surface area contributed by atoms with Crippen LogP contribution in [-0.2, 0) is 4.79 Å². The molecular formula is C21H19ClFN5O2. The zero-order valence-corrected chi connectivity index (χ0v) is 17.3. The molecule has 30 heavy (non-hydrogen) atoms. The van der Waals surface area contributed by atoms with Gasteiger partial charge in [0.15, 0.2) is 5.82 Å². The molecule has 154 valence electrons. The number of ether oxygens (including phenoxy) is 1. The number of hydrogen-bond acceptors (Lipinski definition) is 5. The van der Waals surface area contributed by atoms with Crippen LogP contribution in [0.15, 0.2) is 48.2 Å². The van der Waals surface area contributed by atoms with E-state index in [2.05, 4.69) is 21.3 Å². The van der Waals surface area contributed by atoms with Gasteiger partial charge in [0, 0.05) is 10.6 Å². The van der Waals surface area contributed by atoms with Crippen LogP contribution in [0.5, 0.6) is 5.75 Å². The van der Waals surface area contributed by atoms with Gasteiger partial charge >= 0.3 is 0 Å². The van der Waals surface area contributed by atoms with Crippen LogP contribution in [-0.4, -0.2) is 22.8 Å². The zero-order chi connectivity index (χ0) is 21.4. The second-order valence-electron chi connectivity index (χ2n) is 6.74. The maximum atomic E-state index is 13.3. The Morgan fingerprint density at radius 1 is 1.17 bits per heavy atom. The van der Waals surface area contributed by atoms with Gasteiger partial charge in [-0.25, -0.2) is 9.07 Å². The van der Waals surface area contributed by atoms with Crippen molar-refractivity contribution in [3.63, 3.8) is 0 Å². The van der Waals surface area contributed by atoms with Gasteiger partial charge in [-0.3, -0.25) is 15.6 Å². The van der Waals surface area contributed by atoms with Crippen molar-refractivity contribution in [1.29, 1.82) is 0 Å². The number of nitrogens with one attached hydrogen (secondary N) is 3. The second-order valence-corrected chi connectivity index (χ2v) is 7.17. The Bertz CT molecular complexity index is 1170. The van der Waals surface area contributed by atoms with Crippen LogP contribution in [0.4, 0.5) is 15.9 Å². The smallest absolute Gasteiger partial charge is 0.275 e. The maximum absolute atomic E-state index is 13.3. The first-order valence-corrected chi connectivity index (χ1v) is 9.50. The summed E-state index contributed by atoms with van der Waals surface area (Å²) in [7, 11) is 1.51. The third kappa shape index (κ3) is 3.46. The van der Waals surface area contributed by atoms with Crippen molar-refractivity contribution in [3.05, 3.63) is 64.7 Å². The van der Waals surface area contributed by atoms with Gasteiger partial charge in [0.25, 0.3) is 5.91 Å². The predicted octanol–water partition coefficient (Wildman–Crippen LogP) is 4.42. The molecule has 0 spiro atoms. The van der Waals surface area contributed by atoms with E-state index in [1.807, 2.05) is 6.92 Å². The van der Waals surface area contributed by atoms with E-state index < -0.39 is 0 Å². The summed E-state index contributed by atoms with van der Waals surface area (Å²) in [6.07, 6.45) is 0. The number of hydrogen-bond donors (Lipinski definition) is 3. The van der Waals surface area contributed by atoms with Gasteiger partial charge in [-0.05, 0) is 49.7 Å². The molecule has 9 heteroatoms. The Hall–Kier alpha value is -3.52. The molecule has 0 saturated carbocycles. The Morgan fingerprint density at radius 2 is 1.90 bits per heavy atom. The number of allylic oxidation sites excluding steroid dienone is 1. The minimum atomic E-state index is -0.386. The molecule has 0 aliphatic carbocycles. The van der Waals surface area contributed by atoms with Gasteiger partial charge in [0.2, 0.25) is 0 Å². The summed E-state index contributed by atoms with van der Waals surface area (Å²) in [5.74, 6) is 0.454. The molecule has 2 heterocycles. The number of aromatic nitrogens is 2. The lowest BCUT2D eigenvalue weighted by Gasteiger charge is -2.23. The number of fused-ring (bicyclic) bond motifs is 1. The van der Waals surface area contributed by atoms with E-state index in [0.29, 0.717) is 28.0 Å². The minimum Gasteiger partial charge on any atom is -0.495 e. The molecule has 3 aromatic rings. The Labute approximate surface area is 177 Å². The molecule has 3 N–H and O–H groups in total. The van der Waals surface area contributed by atoms with E-state index in [4.69, 9.17) is 16.3 Å². The summed E-state index contributed by atoms with van der Waals surface area (Å²) in [4.78, 5) is 12.9. The second kappa shape index (κ2) is 7.72. The molecule has 0 unspecified atom stereocenters. The van der Waals surface area contributed by atoms with Gasteiger partial charge in [-0.1, -0.05) is 23.7 Å². The van der Waals surface area contributed by atoms with Crippen molar-refractivity contribution < 1.29 is 13.9 Å². The van der Waals surface area contributed by atoms with Crippen LogP contribution in [0.2, 0.25) is 5.02 Å². The Morgan fingerprint density at radius 3 is 2.60 bits per heavy atom. The summed E-state index contributed by atoms with van der Waals surface area (Å²) in [5, 5.41) is 7.83. The Kier molecular flexibility index (Phi) is 5.09. The van der Waals surface area contributed by atoms with Crippen LogP contribution < -0.4 is 20.9 Å². The number of hydrazine groups is 1. The van der Waals surface area contributed by atoms with E-state index in [-0.39, 0.29) is 17.4 Å². The molecule has 0 saturated heterocycles. The van der Waals surface area contributed by atoms with E-state index >= 15 is 0 Å². The van der Waals surface area contributed by atoms with Crippen molar-refractivity contribution >= 4 is 34.7 Å². The standard InChI is InChI=1S/C21H19ClFN5O2/c1-11-18(13-4-7-15(23)8-5-13)20-26-25-19(12(2)28(20)27-11)21(29)24-16-10-14(22)6-9-17(16)30-3/h4-10,25-26H,1-3H3,(H,24,29). The SMILES string of the molecule is COc1ccc(Cl)cc1NC(=O)C1=C(C)n2nc(C)c(-c3ccc(F)cc3)c2NN1. The normalized spacial score (nSPS) is 12.7. The molecule has 1 aliphatic rings. The monoisotopic (exact) mass is 427 g/mol. The van der Waals surface area contributed by atoms with Crippen molar-refractivity contribution in [1.82, 2.24) is 15.2 Å². The first-order valence-electron chi connectivity index (χ1n) is 9.12. The minimum absolute atomic E-state index is 0.290. The average Bonchev–Trinajstić information content (AvgIpc) is 3.06. The van der Waals surface area contributed by atoms with Crippen molar-refractivity contribution in [2.24, 2.45) is 0 Å². The van der Waals surface area contributed by atoms with E-state index in [0.717, 1.165) is 16.8 Å². The highest BCUT2D eigenvalue weighted by Crippen LogP contribution is 2.35. The highest BCUT2D eigenvalue weighted by Gasteiger charge is 2.26. The first kappa shape index (κ1) is 19.8. The average molecular weight is 428 g/mol. The van der Waals surface area contributed by atoms with Crippen LogP contribution in [0.3, 0.4) is 0 Å². The summed E-state index contributed by atoms with van der Waals surface area (Å²) < 4.78 is 20.2. The lowest BCUT2D eigenvalue weighted by atomic mass is 10.1. The fourth-order valence-corrected chi connectivity index (χ4v) is 3.52. The molecule has 1 aromatic heterocycles. The lowest BCUT2D eigenvalue weighted by molar-refractivity contribution is -0.113. The largest absolute Gasteiger partial charge is 0.495 e. The number of aryl methyl sites for hydroxylation is 1. The van der Waals surface area contributed by atoms with Crippen molar-refractivity contribution in [3.8, 4) is 16.9 Å². The number of methoxy groups -OCH3 is 1. The maximum Gasteiger partial charge on any atom is 0.275 e. The summed E-state index contributed by atoms with van der Waals surface area (Å²) in [6.45, 7) is 3.64. The van der Waals surface area contributed by atoms with Crippen molar-refractivity contribution in [2.45, 2.75) is 13.8 Å². The number of anilines is 2. The van der Waals surface area contributed by atoms with Crippen LogP contribution in [0.25, 0.3) is 16.8 Å². The fourth-order valence-electron chi connectivity index (χ4n) is 3.35. The van der Waals surface area contributed by atoms with Gasteiger partial charge in [0.1, 0.15) is 17.3 Å². The number of carbonyl (C=O) groups excluding carboxylic acids is 1. The van der Waals surface area contributed by atoms with Gasteiger partial charge in [-0.2, -0.15) is 5.10 Å². The Balaban J connectivity index is 1.69. The molecule has 0 bridgehead atoms. The molecule has 7 nitrogen and oxygen atoms in total. The van der Waals surface area contributed by atoms with E-state index in [9.17, 15) is 9.18 Å². The molecule has 2 aromatic carbocycles. The molecule has 0 radical (unpaired) electrons. The summed E-state index contributed by atoms with van der Waals surface area (Å²) in [6, 6.07) is 11.1. The summed E-state index contributed by atoms with van der Waals surface area (Å²) in [5.41, 5.74) is 9.68. The molecule has 0 fully saturated rings. The summed E-state index contributed by atoms with van der Waals surface area (Å²) >= 11 is 6.04. The topological polar surface area (TPSA) is 80.2 Å². The van der Waals surface area contributed by atoms with E-state index in [1.54, 1.807) is 41.9 Å². The highest BCUT2D eigenvalue weighted by molar-refractivity contribution is 6.31. The molecule has 4 rings (SSSR count). The number of nitrogens with zero attached hydrogens (tertiary/aromatic N) is 2. The van der Waals surface area contributed by atoms with Crippen molar-refractivity contribution in [2.75, 3.05) is 17.9 Å². The number of halogens is 2. The van der Waals surface area contributed by atoms with Gasteiger partial charge < -0.3 is 10.1 Å². The number of benzene rings is 2. The zero-order valence-electron chi connectivity index (χ0n) is 16.5. The van der Waals surface area contributed by atoms with Crippen LogP contribution in [0.1, 0.15) is 12.6 Å². The quantitative estimate of drug-likeness (QED) is 0.574. The van der Waals surface area contributed by atoms with Crippen LogP contribution >= 0.6 is 11.6 Å². The highest BCUT2D eigenvalue weighted by atomic mass is 35.5. The molecule has 0 atom stereocenters. The third-order valence-electron chi connectivity index (χ3n) is 4.82. The molecular weight excluding hydrogens is 409 g/mol. The predicted molar refractivity (Wildman–Crippen MR) is 115 cm³/mol. The fraction of sp³-hybridized carbons (Fsp3) is 0.143. The number of rotatable bonds is 4. The lowest BCUT2D eigenvalue weighted by Crippen LogP contribution is -2.36.